The lowest BCUT2D eigenvalue weighted by Crippen LogP contribution is -2.30. The van der Waals surface area contributed by atoms with Gasteiger partial charge in [-0.15, -0.1) is 0 Å². The molecule has 0 radical (unpaired) electrons. The van der Waals surface area contributed by atoms with Gasteiger partial charge in [0, 0.05) is 19.3 Å². The van der Waals surface area contributed by atoms with Gasteiger partial charge >= 0.3 is 17.9 Å². The molecule has 0 rings (SSSR count). The Bertz CT molecular complexity index is 1550. The molecule has 0 aromatic heterocycles. The Kier molecular flexibility index (Phi) is 57.9. The standard InChI is InChI=1S/C68H112O6/c1-4-7-10-13-16-19-22-25-27-29-30-31-32-33-34-35-36-37-38-39-41-43-46-49-52-55-58-61-67(70)73-64-65(63-72-66(69)60-57-54-51-48-45-42-24-21-18-15-12-9-6-3)74-68(71)62-59-56-53-50-47-44-40-28-26-23-20-17-14-11-8-5-2/h7,9-10,12,16,18-19,21,25,27,30-31,33-34,36-37,39,41-42,45,65H,4-6,8,11,13-15,17,20,22-24,26,28-29,32,35,38,40,43-44,46-64H2,1-3H3/b10-7-,12-9-,19-16-,21-18-,27-25-,31-30-,34-33-,37-36-,41-39-,45-42-. The minimum atomic E-state index is -0.800. The molecule has 0 aromatic rings. The fourth-order valence-electron chi connectivity index (χ4n) is 8.20. The molecule has 0 saturated carbocycles. The Labute approximate surface area is 456 Å². The predicted molar refractivity (Wildman–Crippen MR) is 320 cm³/mol. The van der Waals surface area contributed by atoms with E-state index in [-0.39, 0.29) is 31.1 Å². The number of hydrogen-bond acceptors (Lipinski definition) is 6. The van der Waals surface area contributed by atoms with Gasteiger partial charge in [-0.1, -0.05) is 264 Å². The van der Waals surface area contributed by atoms with Crippen molar-refractivity contribution in [2.24, 2.45) is 0 Å². The Morgan fingerprint density at radius 3 is 0.838 bits per heavy atom. The third-order valence-corrected chi connectivity index (χ3v) is 12.7. The molecule has 0 bridgehead atoms. The van der Waals surface area contributed by atoms with E-state index in [0.717, 1.165) is 148 Å². The number of carbonyl (C=O) groups is 3. The summed E-state index contributed by atoms with van der Waals surface area (Å²) in [4.78, 5) is 38.2. The lowest BCUT2D eigenvalue weighted by Gasteiger charge is -2.18. The molecule has 0 aliphatic rings. The second-order valence-electron chi connectivity index (χ2n) is 19.9. The van der Waals surface area contributed by atoms with Gasteiger partial charge in [0.25, 0.3) is 0 Å². The number of hydrogen-bond donors (Lipinski definition) is 0. The van der Waals surface area contributed by atoms with Crippen molar-refractivity contribution in [1.29, 1.82) is 0 Å². The van der Waals surface area contributed by atoms with Gasteiger partial charge in [-0.05, 0) is 109 Å². The smallest absolute Gasteiger partial charge is 0.306 e. The Hall–Kier alpha value is -4.19. The molecule has 0 fully saturated rings. The summed E-state index contributed by atoms with van der Waals surface area (Å²) in [6.07, 6.45) is 84.8. The van der Waals surface area contributed by atoms with Crippen molar-refractivity contribution in [3.8, 4) is 0 Å². The average molecular weight is 1030 g/mol. The highest BCUT2D eigenvalue weighted by atomic mass is 16.6. The highest BCUT2D eigenvalue weighted by Gasteiger charge is 2.19. The minimum absolute atomic E-state index is 0.0985. The number of ether oxygens (including phenoxy) is 3. The number of unbranched alkanes of at least 4 members (excludes halogenated alkanes) is 23. The van der Waals surface area contributed by atoms with Gasteiger partial charge < -0.3 is 14.2 Å². The fourth-order valence-corrected chi connectivity index (χ4v) is 8.20. The van der Waals surface area contributed by atoms with Crippen molar-refractivity contribution in [2.75, 3.05) is 13.2 Å². The first-order valence-corrected chi connectivity index (χ1v) is 30.5. The Morgan fingerprint density at radius 1 is 0.284 bits per heavy atom. The third-order valence-electron chi connectivity index (χ3n) is 12.7. The number of allylic oxidation sites excluding steroid dienone is 20. The Balaban J connectivity index is 4.39. The molecule has 0 amide bonds. The van der Waals surface area contributed by atoms with Crippen LogP contribution in [0.4, 0.5) is 0 Å². The molecule has 0 heterocycles. The van der Waals surface area contributed by atoms with E-state index in [1.165, 1.54) is 83.5 Å². The average Bonchev–Trinajstić information content (AvgIpc) is 3.40. The second-order valence-corrected chi connectivity index (χ2v) is 19.9. The van der Waals surface area contributed by atoms with E-state index in [2.05, 4.69) is 142 Å². The molecule has 0 spiro atoms. The van der Waals surface area contributed by atoms with Gasteiger partial charge in [0.2, 0.25) is 0 Å². The van der Waals surface area contributed by atoms with Crippen LogP contribution >= 0.6 is 0 Å². The van der Waals surface area contributed by atoms with E-state index in [4.69, 9.17) is 14.2 Å². The summed E-state index contributed by atoms with van der Waals surface area (Å²) < 4.78 is 16.9. The maximum Gasteiger partial charge on any atom is 0.306 e. The monoisotopic (exact) mass is 1020 g/mol. The van der Waals surface area contributed by atoms with Crippen LogP contribution in [-0.4, -0.2) is 37.2 Å². The van der Waals surface area contributed by atoms with Crippen LogP contribution in [0, 0.1) is 0 Å². The van der Waals surface area contributed by atoms with Crippen molar-refractivity contribution >= 4 is 17.9 Å². The molecule has 1 unspecified atom stereocenters. The van der Waals surface area contributed by atoms with E-state index in [1.54, 1.807) is 0 Å². The van der Waals surface area contributed by atoms with Gasteiger partial charge in [0.05, 0.1) is 0 Å². The maximum atomic E-state index is 12.9. The van der Waals surface area contributed by atoms with E-state index >= 15 is 0 Å². The molecule has 0 aliphatic carbocycles. The van der Waals surface area contributed by atoms with Crippen molar-refractivity contribution < 1.29 is 28.6 Å². The van der Waals surface area contributed by atoms with Gasteiger partial charge in [-0.3, -0.25) is 14.4 Å². The lowest BCUT2D eigenvalue weighted by atomic mass is 10.0. The fraction of sp³-hybridized carbons (Fsp3) is 0.662. The molecule has 74 heavy (non-hydrogen) atoms. The zero-order chi connectivity index (χ0) is 53.6. The van der Waals surface area contributed by atoms with Crippen LogP contribution in [0.5, 0.6) is 0 Å². The van der Waals surface area contributed by atoms with Gasteiger partial charge in [0.15, 0.2) is 6.10 Å². The summed E-state index contributed by atoms with van der Waals surface area (Å²) in [6.45, 7) is 6.38. The van der Waals surface area contributed by atoms with E-state index in [1.807, 2.05) is 0 Å². The number of rotatable bonds is 54. The molecular weight excluding hydrogens is 913 g/mol. The molecule has 6 heteroatoms. The molecule has 6 nitrogen and oxygen atoms in total. The largest absolute Gasteiger partial charge is 0.462 e. The summed E-state index contributed by atoms with van der Waals surface area (Å²) >= 11 is 0. The zero-order valence-corrected chi connectivity index (χ0v) is 48.1. The first-order valence-electron chi connectivity index (χ1n) is 30.5. The van der Waals surface area contributed by atoms with E-state index < -0.39 is 6.10 Å². The third kappa shape index (κ3) is 58.7. The highest BCUT2D eigenvalue weighted by molar-refractivity contribution is 5.71. The molecular formula is C68H112O6. The highest BCUT2D eigenvalue weighted by Crippen LogP contribution is 2.16. The van der Waals surface area contributed by atoms with Crippen molar-refractivity contribution in [3.63, 3.8) is 0 Å². The first kappa shape index (κ1) is 69.8. The first-order chi connectivity index (χ1) is 36.5. The van der Waals surface area contributed by atoms with Gasteiger partial charge in [0.1, 0.15) is 13.2 Å². The normalized spacial score (nSPS) is 13.0. The summed E-state index contributed by atoms with van der Waals surface area (Å²) in [5.74, 6) is -0.942. The van der Waals surface area contributed by atoms with Crippen LogP contribution in [0.15, 0.2) is 122 Å². The summed E-state index contributed by atoms with van der Waals surface area (Å²) in [5, 5.41) is 0. The summed E-state index contributed by atoms with van der Waals surface area (Å²) in [6, 6.07) is 0. The number of esters is 3. The predicted octanol–water partition coefficient (Wildman–Crippen LogP) is 20.8. The zero-order valence-electron chi connectivity index (χ0n) is 48.1. The van der Waals surface area contributed by atoms with Crippen LogP contribution in [0.25, 0.3) is 0 Å². The van der Waals surface area contributed by atoms with Crippen molar-refractivity contribution in [2.45, 2.75) is 277 Å². The van der Waals surface area contributed by atoms with E-state index in [9.17, 15) is 14.4 Å². The van der Waals surface area contributed by atoms with E-state index in [0.29, 0.717) is 19.3 Å². The van der Waals surface area contributed by atoms with Crippen molar-refractivity contribution in [1.82, 2.24) is 0 Å². The van der Waals surface area contributed by atoms with Crippen LogP contribution in [0.1, 0.15) is 271 Å². The van der Waals surface area contributed by atoms with Crippen LogP contribution in [0.3, 0.4) is 0 Å². The van der Waals surface area contributed by atoms with Gasteiger partial charge in [-0.2, -0.15) is 0 Å². The summed E-state index contributed by atoms with van der Waals surface area (Å²) in [5.41, 5.74) is 0. The molecule has 0 saturated heterocycles. The Morgan fingerprint density at radius 2 is 0.527 bits per heavy atom. The summed E-state index contributed by atoms with van der Waals surface area (Å²) in [7, 11) is 0. The van der Waals surface area contributed by atoms with Crippen LogP contribution in [0.2, 0.25) is 0 Å². The minimum Gasteiger partial charge on any atom is -0.462 e. The molecule has 0 aliphatic heterocycles. The maximum absolute atomic E-state index is 12.9. The second kappa shape index (κ2) is 61.4. The quantitative estimate of drug-likeness (QED) is 0.0261. The van der Waals surface area contributed by atoms with Crippen molar-refractivity contribution in [3.05, 3.63) is 122 Å². The molecule has 1 atom stereocenters. The van der Waals surface area contributed by atoms with Crippen LogP contribution in [-0.2, 0) is 28.6 Å². The van der Waals surface area contributed by atoms with Gasteiger partial charge in [-0.25, -0.2) is 0 Å². The van der Waals surface area contributed by atoms with Crippen LogP contribution < -0.4 is 0 Å². The number of carbonyl (C=O) groups excluding carboxylic acids is 3. The molecule has 0 N–H and O–H groups in total. The SMILES string of the molecule is CC/C=C\C/C=C\C/C=C\C/C=C\C/C=C\C/C=C\C/C=C\CCCCCCCC(=O)OCC(COC(=O)CCCCC/C=C\C/C=C\C/C=C\CC)OC(=O)CCCCCCCCCCCCCCCCCC. The topological polar surface area (TPSA) is 78.9 Å². The molecule has 420 valence electrons. The lowest BCUT2D eigenvalue weighted by molar-refractivity contribution is -0.167. The molecule has 0 aromatic carbocycles.